The van der Waals surface area contributed by atoms with E-state index in [4.69, 9.17) is 9.47 Å². The molecule has 218 valence electrons. The number of hydrogen-bond acceptors (Lipinski definition) is 7. The molecule has 2 fully saturated rings. The Morgan fingerprint density at radius 3 is 2.20 bits per heavy atom. The lowest BCUT2D eigenvalue weighted by Crippen LogP contribution is -2.48. The predicted octanol–water partition coefficient (Wildman–Crippen LogP) is 5.49. The van der Waals surface area contributed by atoms with Gasteiger partial charge in [0.1, 0.15) is 11.9 Å². The van der Waals surface area contributed by atoms with Crippen LogP contribution in [0.2, 0.25) is 0 Å². The molecule has 2 aliphatic rings. The Hall–Kier alpha value is -4.11. The molecule has 2 heterocycles. The maximum Gasteiger partial charge on any atom is 0.311 e. The van der Waals surface area contributed by atoms with E-state index in [-0.39, 0.29) is 30.9 Å². The molecule has 0 radical (unpaired) electrons. The number of ether oxygens (including phenoxy) is 2. The summed E-state index contributed by atoms with van der Waals surface area (Å²) in [6.45, 7) is 5.88. The van der Waals surface area contributed by atoms with Crippen LogP contribution >= 0.6 is 0 Å². The van der Waals surface area contributed by atoms with Crippen molar-refractivity contribution in [3.8, 4) is 22.6 Å². The van der Waals surface area contributed by atoms with E-state index in [1.54, 1.807) is 12.1 Å². The van der Waals surface area contributed by atoms with Crippen molar-refractivity contribution in [2.24, 2.45) is 0 Å². The fourth-order valence-corrected chi connectivity index (χ4v) is 5.43. The Kier molecular flexibility index (Phi) is 10.2. The van der Waals surface area contributed by atoms with E-state index in [1.165, 1.54) is 30.0 Å². The van der Waals surface area contributed by atoms with Crippen LogP contribution in [-0.2, 0) is 4.79 Å². The van der Waals surface area contributed by atoms with Crippen LogP contribution < -0.4 is 14.4 Å². The number of nitro groups is 1. The van der Waals surface area contributed by atoms with Crippen molar-refractivity contribution in [1.29, 1.82) is 0 Å². The average Bonchev–Trinajstić information content (AvgIpc) is 3.01. The van der Waals surface area contributed by atoms with Gasteiger partial charge in [0.05, 0.1) is 12.0 Å². The molecule has 2 aliphatic heterocycles. The van der Waals surface area contributed by atoms with Gasteiger partial charge in [-0.25, -0.2) is 0 Å². The normalized spacial score (nSPS) is 16.1. The lowest BCUT2D eigenvalue weighted by molar-refractivity contribution is -0.385. The smallest absolute Gasteiger partial charge is 0.311 e. The van der Waals surface area contributed by atoms with Crippen molar-refractivity contribution in [3.05, 3.63) is 82.9 Å². The molecule has 0 atom stereocenters. The van der Waals surface area contributed by atoms with E-state index in [2.05, 4.69) is 58.3 Å². The van der Waals surface area contributed by atoms with Gasteiger partial charge in [0.2, 0.25) is 11.7 Å². The van der Waals surface area contributed by atoms with Crippen LogP contribution in [0.15, 0.2) is 72.8 Å². The van der Waals surface area contributed by atoms with Crippen LogP contribution in [0.3, 0.4) is 0 Å². The van der Waals surface area contributed by atoms with Crippen LogP contribution in [0.4, 0.5) is 11.4 Å². The van der Waals surface area contributed by atoms with Crippen molar-refractivity contribution >= 4 is 17.3 Å². The zero-order chi connectivity index (χ0) is 27.9. The van der Waals surface area contributed by atoms with Gasteiger partial charge in [-0.3, -0.25) is 19.8 Å². The number of likely N-dealkylation sites (tertiary alicyclic amines) is 1. The van der Waals surface area contributed by atoms with E-state index in [9.17, 15) is 14.9 Å². The molecule has 9 heteroatoms. The highest BCUT2D eigenvalue weighted by Gasteiger charge is 2.26. The number of piperidine rings is 1. The summed E-state index contributed by atoms with van der Waals surface area (Å²) in [4.78, 5) is 30.2. The first-order chi connectivity index (χ1) is 19.5. The van der Waals surface area contributed by atoms with Crippen LogP contribution in [0.1, 0.15) is 26.7 Å². The summed E-state index contributed by atoms with van der Waals surface area (Å²) in [6, 6.07) is 23.7. The van der Waals surface area contributed by atoms with Gasteiger partial charge in [0, 0.05) is 82.9 Å². The van der Waals surface area contributed by atoms with Gasteiger partial charge in [-0.15, -0.1) is 0 Å². The van der Waals surface area contributed by atoms with E-state index < -0.39 is 4.92 Å². The van der Waals surface area contributed by atoms with E-state index in [1.807, 2.05) is 11.0 Å². The molecule has 9 nitrogen and oxygen atoms in total. The van der Waals surface area contributed by atoms with Gasteiger partial charge in [0.25, 0.3) is 0 Å². The number of hydrogen-bond donors (Lipinski definition) is 0. The Morgan fingerprint density at radius 1 is 0.902 bits per heavy atom. The second-order valence-corrected chi connectivity index (χ2v) is 10.3. The third kappa shape index (κ3) is 7.55. The van der Waals surface area contributed by atoms with Gasteiger partial charge < -0.3 is 19.3 Å². The number of piperazine rings is 1. The lowest BCUT2D eigenvalue weighted by atomic mass is 10.1. The maximum atomic E-state index is 12.9. The largest absolute Gasteiger partial charge is 0.490 e. The third-order valence-corrected chi connectivity index (χ3v) is 7.80. The Bertz CT molecular complexity index is 1290. The molecule has 0 aliphatic carbocycles. The number of nitro benzene ring substituents is 1. The van der Waals surface area contributed by atoms with Crippen LogP contribution in [-0.4, -0.2) is 79.7 Å². The molecule has 0 spiro atoms. The molecule has 0 bridgehead atoms. The number of rotatable bonds is 9. The fourth-order valence-electron chi connectivity index (χ4n) is 5.43. The zero-order valence-electron chi connectivity index (χ0n) is 22.9. The summed E-state index contributed by atoms with van der Waals surface area (Å²) in [6.07, 6.45) is 1.95. The summed E-state index contributed by atoms with van der Waals surface area (Å²) < 4.78 is 11.2. The minimum absolute atomic E-state index is 0. The first-order valence-corrected chi connectivity index (χ1v) is 13.9. The summed E-state index contributed by atoms with van der Waals surface area (Å²) in [7, 11) is 1.40. The van der Waals surface area contributed by atoms with E-state index >= 15 is 0 Å². The molecule has 2 saturated heterocycles. The molecular weight excluding hydrogens is 520 g/mol. The highest BCUT2D eigenvalue weighted by molar-refractivity contribution is 5.76. The summed E-state index contributed by atoms with van der Waals surface area (Å²) >= 11 is 0. The quantitative estimate of drug-likeness (QED) is 0.253. The minimum atomic E-state index is -0.475. The first kappa shape index (κ1) is 29.9. The topological polar surface area (TPSA) is 88.4 Å². The molecule has 0 unspecified atom stereocenters. The standard InChI is InChI=1S/C31H36N4O5.CH4/c1-39-30-23-28(11-12-29(30)35(37)38)40-27-13-17-34(18-14-27)31(36)15-16-32-19-21-33(22-20-32)26-9-7-25(8-10-26)24-5-3-2-4-6-24;/h2-12,23,27H,13-22H2,1H3;1H4. The van der Waals surface area contributed by atoms with Crippen molar-refractivity contribution in [1.82, 2.24) is 9.80 Å². The number of carbonyl (C=O) groups is 1. The van der Waals surface area contributed by atoms with Gasteiger partial charge in [-0.05, 0) is 29.3 Å². The minimum Gasteiger partial charge on any atom is -0.490 e. The molecule has 0 N–H and O–H groups in total. The SMILES string of the molecule is C.COc1cc(OC2CCN(C(=O)CCN3CCN(c4ccc(-c5ccccc5)cc4)CC3)CC2)ccc1[N+](=O)[O-]. The molecule has 0 aromatic heterocycles. The van der Waals surface area contributed by atoms with Crippen molar-refractivity contribution in [2.75, 3.05) is 57.8 Å². The lowest BCUT2D eigenvalue weighted by Gasteiger charge is -2.37. The van der Waals surface area contributed by atoms with Crippen molar-refractivity contribution < 1.29 is 19.2 Å². The Labute approximate surface area is 242 Å². The second-order valence-electron chi connectivity index (χ2n) is 10.3. The predicted molar refractivity (Wildman–Crippen MR) is 162 cm³/mol. The third-order valence-electron chi connectivity index (χ3n) is 7.80. The number of anilines is 1. The van der Waals surface area contributed by atoms with E-state index in [0.717, 1.165) is 45.6 Å². The molecule has 1 amide bonds. The fraction of sp³-hybridized carbons (Fsp3) is 0.406. The number of benzene rings is 3. The number of amides is 1. The summed E-state index contributed by atoms with van der Waals surface area (Å²) in [5.74, 6) is 0.907. The molecule has 0 saturated carbocycles. The molecule has 41 heavy (non-hydrogen) atoms. The average molecular weight is 561 g/mol. The molecular formula is C32H40N4O5. The molecule has 5 rings (SSSR count). The molecule has 3 aromatic carbocycles. The first-order valence-electron chi connectivity index (χ1n) is 13.9. The number of nitrogens with zero attached hydrogens (tertiary/aromatic N) is 4. The van der Waals surface area contributed by atoms with Crippen molar-refractivity contribution in [3.63, 3.8) is 0 Å². The van der Waals surface area contributed by atoms with E-state index in [0.29, 0.717) is 25.3 Å². The maximum absolute atomic E-state index is 12.9. The highest BCUT2D eigenvalue weighted by atomic mass is 16.6. The zero-order valence-corrected chi connectivity index (χ0v) is 22.9. The van der Waals surface area contributed by atoms with Gasteiger partial charge in [-0.1, -0.05) is 49.9 Å². The van der Waals surface area contributed by atoms with Crippen LogP contribution in [0, 0.1) is 10.1 Å². The number of methoxy groups -OCH3 is 1. The number of carbonyl (C=O) groups excluding carboxylic acids is 1. The monoisotopic (exact) mass is 560 g/mol. The van der Waals surface area contributed by atoms with Gasteiger partial charge in [0.15, 0.2) is 0 Å². The summed E-state index contributed by atoms with van der Waals surface area (Å²) in [5.41, 5.74) is 3.61. The van der Waals surface area contributed by atoms with Crippen molar-refractivity contribution in [2.45, 2.75) is 32.8 Å². The Morgan fingerprint density at radius 2 is 1.56 bits per heavy atom. The highest BCUT2D eigenvalue weighted by Crippen LogP contribution is 2.32. The summed E-state index contributed by atoms with van der Waals surface area (Å²) in [5, 5.41) is 11.1. The second kappa shape index (κ2) is 14.0. The molecule has 3 aromatic rings. The van der Waals surface area contributed by atoms with Gasteiger partial charge >= 0.3 is 5.69 Å². The Balaban J connectivity index is 0.00000387. The van der Waals surface area contributed by atoms with Gasteiger partial charge in [-0.2, -0.15) is 0 Å². The van der Waals surface area contributed by atoms with Crippen LogP contribution in [0.25, 0.3) is 11.1 Å². The van der Waals surface area contributed by atoms with Crippen LogP contribution in [0.5, 0.6) is 11.5 Å².